The molecule has 1 aliphatic carbocycles. The minimum absolute atomic E-state index is 0.202. The van der Waals surface area contributed by atoms with Crippen molar-refractivity contribution in [3.05, 3.63) is 34.1 Å². The summed E-state index contributed by atoms with van der Waals surface area (Å²) in [7, 11) is 0. The lowest BCUT2D eigenvalue weighted by atomic mass is 9.95. The molecule has 0 aromatic heterocycles. The lowest BCUT2D eigenvalue weighted by Gasteiger charge is -2.24. The van der Waals surface area contributed by atoms with E-state index in [2.05, 4.69) is 21.2 Å². The fourth-order valence-electron chi connectivity index (χ4n) is 2.34. The Hall–Kier alpha value is -0.610. The second-order valence-electron chi connectivity index (χ2n) is 4.88. The van der Waals surface area contributed by atoms with Crippen LogP contribution in [0.15, 0.2) is 22.7 Å². The van der Waals surface area contributed by atoms with Crippen molar-refractivity contribution in [2.45, 2.75) is 43.5 Å². The van der Waals surface area contributed by atoms with Gasteiger partial charge in [-0.1, -0.05) is 25.3 Å². The zero-order valence-corrected chi connectivity index (χ0v) is 12.8. The van der Waals surface area contributed by atoms with E-state index in [1.165, 1.54) is 18.6 Å². The lowest BCUT2D eigenvalue weighted by Crippen LogP contribution is -2.38. The number of hydrogen-bond donors (Lipinski definition) is 1. The molecule has 0 radical (unpaired) electrons. The number of halogens is 3. The predicted octanol–water partition coefficient (Wildman–Crippen LogP) is 4.32. The van der Waals surface area contributed by atoms with Crippen molar-refractivity contribution >= 4 is 33.4 Å². The smallest absolute Gasteiger partial charge is 0.242 e. The third-order valence-electron chi connectivity index (χ3n) is 3.42. The van der Waals surface area contributed by atoms with Gasteiger partial charge < -0.3 is 5.32 Å². The second kappa shape index (κ2) is 6.71. The number of rotatable bonds is 3. The van der Waals surface area contributed by atoms with Gasteiger partial charge >= 0.3 is 0 Å². The first kappa shape index (κ1) is 14.8. The normalized spacial score (nSPS) is 18.1. The number of carbonyl (C=O) groups excluding carboxylic acids is 1. The summed E-state index contributed by atoms with van der Waals surface area (Å²) in [5.74, 6) is -0.563. The van der Waals surface area contributed by atoms with Crippen LogP contribution in [-0.2, 0) is 4.79 Å². The maximum Gasteiger partial charge on any atom is 0.242 e. The molecular weight excluding hydrogens is 333 g/mol. The molecule has 1 aromatic rings. The van der Waals surface area contributed by atoms with E-state index < -0.39 is 5.38 Å². The van der Waals surface area contributed by atoms with Gasteiger partial charge in [-0.2, -0.15) is 0 Å². The topological polar surface area (TPSA) is 29.1 Å². The minimum Gasteiger partial charge on any atom is -0.352 e. The molecule has 1 atom stereocenters. The molecule has 0 spiro atoms. The number of hydrogen-bond acceptors (Lipinski definition) is 1. The molecule has 0 heterocycles. The van der Waals surface area contributed by atoms with Gasteiger partial charge in [0.05, 0.1) is 4.47 Å². The van der Waals surface area contributed by atoms with Crippen LogP contribution in [0, 0.1) is 5.82 Å². The van der Waals surface area contributed by atoms with Crippen LogP contribution in [0.2, 0.25) is 0 Å². The Kier molecular flexibility index (Phi) is 5.22. The van der Waals surface area contributed by atoms with Crippen LogP contribution in [-0.4, -0.2) is 11.9 Å². The van der Waals surface area contributed by atoms with Gasteiger partial charge in [-0.05, 0) is 46.5 Å². The highest BCUT2D eigenvalue weighted by molar-refractivity contribution is 9.10. The van der Waals surface area contributed by atoms with Crippen molar-refractivity contribution in [3.63, 3.8) is 0 Å². The summed E-state index contributed by atoms with van der Waals surface area (Å²) in [5, 5.41) is 2.19. The molecule has 1 saturated carbocycles. The molecule has 0 aliphatic heterocycles. The molecule has 0 saturated heterocycles. The SMILES string of the molecule is O=C(NC1CCCCC1)C(Cl)c1ccc(F)c(Br)c1. The van der Waals surface area contributed by atoms with Gasteiger partial charge in [-0.15, -0.1) is 11.6 Å². The number of amides is 1. The van der Waals surface area contributed by atoms with Gasteiger partial charge in [0, 0.05) is 6.04 Å². The molecule has 0 bridgehead atoms. The molecule has 19 heavy (non-hydrogen) atoms. The summed E-state index contributed by atoms with van der Waals surface area (Å²) in [5.41, 5.74) is 0.600. The van der Waals surface area contributed by atoms with Crippen LogP contribution in [0.3, 0.4) is 0 Å². The van der Waals surface area contributed by atoms with E-state index in [1.54, 1.807) is 6.07 Å². The van der Waals surface area contributed by atoms with Gasteiger partial charge in [0.2, 0.25) is 5.91 Å². The zero-order chi connectivity index (χ0) is 13.8. The summed E-state index contributed by atoms with van der Waals surface area (Å²) in [6.07, 6.45) is 5.58. The fourth-order valence-corrected chi connectivity index (χ4v) is 2.94. The molecule has 1 amide bonds. The van der Waals surface area contributed by atoms with Crippen LogP contribution >= 0.6 is 27.5 Å². The summed E-state index contributed by atoms with van der Waals surface area (Å²) in [4.78, 5) is 12.1. The van der Waals surface area contributed by atoms with E-state index in [1.807, 2.05) is 0 Å². The number of alkyl halides is 1. The average molecular weight is 349 g/mol. The minimum atomic E-state index is -0.779. The van der Waals surface area contributed by atoms with Crippen molar-refractivity contribution < 1.29 is 9.18 Å². The maximum atomic E-state index is 13.1. The van der Waals surface area contributed by atoms with Gasteiger partial charge in [-0.25, -0.2) is 4.39 Å². The third kappa shape index (κ3) is 3.93. The molecule has 2 nitrogen and oxygen atoms in total. The monoisotopic (exact) mass is 347 g/mol. The Labute approximate surface area is 125 Å². The van der Waals surface area contributed by atoms with E-state index in [0.717, 1.165) is 25.7 Å². The third-order valence-corrected chi connectivity index (χ3v) is 4.48. The molecule has 1 aliphatic rings. The van der Waals surface area contributed by atoms with Crippen LogP contribution in [0.1, 0.15) is 43.0 Å². The maximum absolute atomic E-state index is 13.1. The first-order valence-corrected chi connectivity index (χ1v) is 7.70. The molecule has 2 rings (SSSR count). The van der Waals surface area contributed by atoms with Crippen LogP contribution in [0.4, 0.5) is 4.39 Å². The standard InChI is InChI=1S/C14H16BrClFNO/c15-11-8-9(6-7-12(11)17)13(16)14(19)18-10-4-2-1-3-5-10/h6-8,10,13H,1-5H2,(H,18,19). The Morgan fingerprint density at radius 1 is 1.37 bits per heavy atom. The Morgan fingerprint density at radius 2 is 2.05 bits per heavy atom. The Balaban J connectivity index is 1.99. The first-order valence-electron chi connectivity index (χ1n) is 6.47. The van der Waals surface area contributed by atoms with E-state index >= 15 is 0 Å². The summed E-state index contributed by atoms with van der Waals surface area (Å²) in [6, 6.07) is 4.63. The quantitative estimate of drug-likeness (QED) is 0.810. The van der Waals surface area contributed by atoms with Crippen molar-refractivity contribution in [1.82, 2.24) is 5.32 Å². The van der Waals surface area contributed by atoms with E-state index in [9.17, 15) is 9.18 Å². The molecule has 1 unspecified atom stereocenters. The van der Waals surface area contributed by atoms with Gasteiger partial charge in [0.15, 0.2) is 0 Å². The highest BCUT2D eigenvalue weighted by atomic mass is 79.9. The number of carbonyl (C=O) groups is 1. The molecule has 1 N–H and O–H groups in total. The Morgan fingerprint density at radius 3 is 2.68 bits per heavy atom. The predicted molar refractivity (Wildman–Crippen MR) is 77.7 cm³/mol. The first-order chi connectivity index (χ1) is 9.08. The summed E-state index contributed by atoms with van der Waals surface area (Å²) in [6.45, 7) is 0. The highest BCUT2D eigenvalue weighted by Gasteiger charge is 2.22. The van der Waals surface area contributed by atoms with E-state index in [0.29, 0.717) is 10.0 Å². The van der Waals surface area contributed by atoms with E-state index in [4.69, 9.17) is 11.6 Å². The largest absolute Gasteiger partial charge is 0.352 e. The molecule has 1 fully saturated rings. The van der Waals surface area contributed by atoms with Crippen LogP contribution < -0.4 is 5.32 Å². The number of nitrogens with one attached hydrogen (secondary N) is 1. The lowest BCUT2D eigenvalue weighted by molar-refractivity contribution is -0.121. The Bertz CT molecular complexity index is 463. The molecular formula is C14H16BrClFNO. The van der Waals surface area contributed by atoms with Crippen molar-refractivity contribution in [3.8, 4) is 0 Å². The van der Waals surface area contributed by atoms with Gasteiger partial charge in [-0.3, -0.25) is 4.79 Å². The zero-order valence-electron chi connectivity index (χ0n) is 10.5. The van der Waals surface area contributed by atoms with E-state index in [-0.39, 0.29) is 17.8 Å². The molecule has 5 heteroatoms. The summed E-state index contributed by atoms with van der Waals surface area (Å²) < 4.78 is 13.5. The molecule has 1 aromatic carbocycles. The average Bonchev–Trinajstić information content (AvgIpc) is 2.42. The van der Waals surface area contributed by atoms with Crippen LogP contribution in [0.25, 0.3) is 0 Å². The highest BCUT2D eigenvalue weighted by Crippen LogP contribution is 2.26. The van der Waals surface area contributed by atoms with Gasteiger partial charge in [0.25, 0.3) is 0 Å². The van der Waals surface area contributed by atoms with Crippen molar-refractivity contribution in [1.29, 1.82) is 0 Å². The molecule has 104 valence electrons. The van der Waals surface area contributed by atoms with Crippen molar-refractivity contribution in [2.75, 3.05) is 0 Å². The number of benzene rings is 1. The van der Waals surface area contributed by atoms with Crippen LogP contribution in [0.5, 0.6) is 0 Å². The second-order valence-corrected chi connectivity index (χ2v) is 6.17. The summed E-state index contributed by atoms with van der Waals surface area (Å²) >= 11 is 9.24. The van der Waals surface area contributed by atoms with Crippen molar-refractivity contribution in [2.24, 2.45) is 0 Å². The van der Waals surface area contributed by atoms with Gasteiger partial charge in [0.1, 0.15) is 11.2 Å². The fraction of sp³-hybridized carbons (Fsp3) is 0.500.